The first-order chi connectivity index (χ1) is 33.5. The summed E-state index contributed by atoms with van der Waals surface area (Å²) < 4.78 is 5.46. The number of ether oxygens (including phenoxy) is 1. The molecule has 0 radical (unpaired) electrons. The van der Waals surface area contributed by atoms with Crippen LogP contribution in [0.15, 0.2) is 36.5 Å². The Balaban J connectivity index is 3.51. The maximum atomic E-state index is 12.5. The first-order valence-corrected chi connectivity index (χ1v) is 30.3. The number of allylic oxidation sites excluding steroid dienone is 5. The second kappa shape index (κ2) is 57.7. The topological polar surface area (TPSA) is 95.9 Å². The van der Waals surface area contributed by atoms with Gasteiger partial charge in [-0.1, -0.05) is 281 Å². The quantitative estimate of drug-likeness (QED) is 0.0321. The van der Waals surface area contributed by atoms with E-state index < -0.39 is 12.1 Å². The first-order valence-electron chi connectivity index (χ1n) is 30.3. The largest absolute Gasteiger partial charge is 0.466 e. The van der Waals surface area contributed by atoms with Crippen LogP contribution in [-0.2, 0) is 14.3 Å². The van der Waals surface area contributed by atoms with Gasteiger partial charge in [0.2, 0.25) is 5.91 Å². The number of aliphatic hydroxyl groups excluding tert-OH is 2. The Hall–Kier alpha value is -1.92. The van der Waals surface area contributed by atoms with Crippen molar-refractivity contribution in [1.82, 2.24) is 5.32 Å². The van der Waals surface area contributed by atoms with Gasteiger partial charge in [0.1, 0.15) is 0 Å². The summed E-state index contributed by atoms with van der Waals surface area (Å²) in [5.41, 5.74) is 0. The Kier molecular flexibility index (Phi) is 56.0. The SMILES string of the molecule is CCCCC/C=C\C/C=C\CCCCCCCCCC(=O)OCCCCCCCCCCCC(=O)NC(CO)C(O)/C=C/CCCCCCCCCCCCCCCCCCCCCCCCC. The fourth-order valence-corrected chi connectivity index (χ4v) is 9.25. The number of hydrogen-bond donors (Lipinski definition) is 3. The van der Waals surface area contributed by atoms with Crippen molar-refractivity contribution in [3.05, 3.63) is 36.5 Å². The Bertz CT molecular complexity index is 1100. The normalized spacial score (nSPS) is 12.8. The van der Waals surface area contributed by atoms with Crippen LogP contribution in [0.1, 0.15) is 322 Å². The van der Waals surface area contributed by atoms with Gasteiger partial charge in [0.25, 0.3) is 0 Å². The van der Waals surface area contributed by atoms with Crippen molar-refractivity contribution >= 4 is 11.9 Å². The van der Waals surface area contributed by atoms with Crippen molar-refractivity contribution < 1.29 is 24.5 Å². The zero-order valence-electron chi connectivity index (χ0n) is 45.6. The molecule has 3 N–H and O–H groups in total. The van der Waals surface area contributed by atoms with Crippen molar-refractivity contribution in [2.24, 2.45) is 0 Å². The molecule has 68 heavy (non-hydrogen) atoms. The van der Waals surface area contributed by atoms with Crippen molar-refractivity contribution in [3.8, 4) is 0 Å². The zero-order chi connectivity index (χ0) is 49.3. The molecule has 0 aromatic carbocycles. The summed E-state index contributed by atoms with van der Waals surface area (Å²) in [6, 6.07) is -0.651. The lowest BCUT2D eigenvalue weighted by molar-refractivity contribution is -0.143. The standard InChI is InChI=1S/C62H117NO5/c1-3-5-7-9-11-13-15-17-19-21-22-23-24-25-26-27-28-30-31-33-35-38-42-46-50-54-60(65)59(58-64)63-61(66)55-51-47-43-39-37-41-45-49-53-57-68-62(67)56-52-48-44-40-36-34-32-29-20-18-16-14-12-10-8-6-4-2/h12,14,18,20,50,54,59-60,64-65H,3-11,13,15-17,19,21-49,51-53,55-58H2,1-2H3,(H,63,66)/b14-12-,20-18-,54-50+. The van der Waals surface area contributed by atoms with Gasteiger partial charge in [0.05, 0.1) is 25.4 Å². The molecule has 400 valence electrons. The van der Waals surface area contributed by atoms with Crippen LogP contribution in [0.3, 0.4) is 0 Å². The number of unbranched alkanes of at least 4 members (excludes halogenated alkanes) is 41. The highest BCUT2D eigenvalue weighted by atomic mass is 16.5. The molecule has 6 heteroatoms. The Morgan fingerprint density at radius 2 is 0.735 bits per heavy atom. The molecule has 0 saturated carbocycles. The van der Waals surface area contributed by atoms with E-state index in [0.29, 0.717) is 19.4 Å². The van der Waals surface area contributed by atoms with Gasteiger partial charge in [-0.3, -0.25) is 9.59 Å². The minimum absolute atomic E-state index is 0.0343. The summed E-state index contributed by atoms with van der Waals surface area (Å²) in [6.07, 6.45) is 71.7. The summed E-state index contributed by atoms with van der Waals surface area (Å²) in [5, 5.41) is 23.2. The molecule has 0 bridgehead atoms. The lowest BCUT2D eigenvalue weighted by atomic mass is 10.0. The Morgan fingerprint density at radius 3 is 1.15 bits per heavy atom. The third-order valence-corrected chi connectivity index (χ3v) is 13.9. The number of carbonyl (C=O) groups is 2. The van der Waals surface area contributed by atoms with E-state index in [1.54, 1.807) is 6.08 Å². The predicted octanol–water partition coefficient (Wildman–Crippen LogP) is 18.8. The lowest BCUT2D eigenvalue weighted by Gasteiger charge is -2.20. The predicted molar refractivity (Wildman–Crippen MR) is 296 cm³/mol. The smallest absolute Gasteiger partial charge is 0.305 e. The summed E-state index contributed by atoms with van der Waals surface area (Å²) in [5.74, 6) is -0.128. The van der Waals surface area contributed by atoms with Crippen molar-refractivity contribution in [1.29, 1.82) is 0 Å². The van der Waals surface area contributed by atoms with Crippen LogP contribution in [0.5, 0.6) is 0 Å². The minimum atomic E-state index is -0.864. The number of hydrogen-bond acceptors (Lipinski definition) is 5. The molecular formula is C62H117NO5. The van der Waals surface area contributed by atoms with Crippen LogP contribution in [0.4, 0.5) is 0 Å². The molecule has 0 saturated heterocycles. The molecule has 2 atom stereocenters. The highest BCUT2D eigenvalue weighted by Crippen LogP contribution is 2.17. The van der Waals surface area contributed by atoms with Crippen molar-refractivity contribution in [2.45, 2.75) is 334 Å². The molecule has 0 spiro atoms. The molecule has 0 fully saturated rings. The fraction of sp³-hybridized carbons (Fsp3) is 0.871. The molecule has 6 nitrogen and oxygen atoms in total. The van der Waals surface area contributed by atoms with Crippen LogP contribution in [-0.4, -0.2) is 47.4 Å². The molecule has 2 unspecified atom stereocenters. The molecule has 0 rings (SSSR count). The molecular weight excluding hydrogens is 839 g/mol. The summed E-state index contributed by atoms with van der Waals surface area (Å²) in [4.78, 5) is 24.6. The number of nitrogens with one attached hydrogen (secondary N) is 1. The third kappa shape index (κ3) is 53.4. The number of aliphatic hydroxyl groups is 2. The number of amides is 1. The van der Waals surface area contributed by atoms with Crippen molar-refractivity contribution in [3.63, 3.8) is 0 Å². The summed E-state index contributed by atoms with van der Waals surface area (Å²) >= 11 is 0. The third-order valence-electron chi connectivity index (χ3n) is 13.9. The monoisotopic (exact) mass is 956 g/mol. The maximum Gasteiger partial charge on any atom is 0.305 e. The second-order valence-corrected chi connectivity index (χ2v) is 20.7. The lowest BCUT2D eigenvalue weighted by Crippen LogP contribution is -2.45. The van der Waals surface area contributed by atoms with E-state index in [1.807, 2.05) is 6.08 Å². The number of rotatable bonds is 56. The second-order valence-electron chi connectivity index (χ2n) is 20.7. The maximum absolute atomic E-state index is 12.5. The Morgan fingerprint density at radius 1 is 0.412 bits per heavy atom. The first kappa shape index (κ1) is 66.1. The Labute approximate surface area is 424 Å². The van der Waals surface area contributed by atoms with Crippen LogP contribution in [0.25, 0.3) is 0 Å². The van der Waals surface area contributed by atoms with Gasteiger partial charge < -0.3 is 20.3 Å². The van der Waals surface area contributed by atoms with Gasteiger partial charge in [-0.25, -0.2) is 0 Å². The molecule has 1 amide bonds. The van der Waals surface area contributed by atoms with Crippen LogP contribution in [0.2, 0.25) is 0 Å². The molecule has 0 aliphatic heterocycles. The van der Waals surface area contributed by atoms with Crippen LogP contribution < -0.4 is 5.32 Å². The van der Waals surface area contributed by atoms with Gasteiger partial charge in [-0.2, -0.15) is 0 Å². The average molecular weight is 957 g/mol. The highest BCUT2D eigenvalue weighted by Gasteiger charge is 2.18. The van der Waals surface area contributed by atoms with Gasteiger partial charge in [0.15, 0.2) is 0 Å². The van der Waals surface area contributed by atoms with E-state index >= 15 is 0 Å². The molecule has 0 aliphatic carbocycles. The summed E-state index contributed by atoms with van der Waals surface area (Å²) in [7, 11) is 0. The van der Waals surface area contributed by atoms with Gasteiger partial charge in [-0.15, -0.1) is 0 Å². The molecule has 0 aliphatic rings. The highest BCUT2D eigenvalue weighted by molar-refractivity contribution is 5.76. The van der Waals surface area contributed by atoms with Gasteiger partial charge in [-0.05, 0) is 64.2 Å². The summed E-state index contributed by atoms with van der Waals surface area (Å²) in [6.45, 7) is 4.83. The van der Waals surface area contributed by atoms with E-state index in [-0.39, 0.29) is 18.5 Å². The van der Waals surface area contributed by atoms with E-state index in [0.717, 1.165) is 64.2 Å². The van der Waals surface area contributed by atoms with Crippen LogP contribution >= 0.6 is 0 Å². The molecule has 0 aromatic rings. The minimum Gasteiger partial charge on any atom is -0.466 e. The van der Waals surface area contributed by atoms with E-state index in [9.17, 15) is 19.8 Å². The molecule has 0 aromatic heterocycles. The molecule has 0 heterocycles. The van der Waals surface area contributed by atoms with Crippen molar-refractivity contribution in [2.75, 3.05) is 13.2 Å². The number of carbonyl (C=O) groups excluding carboxylic acids is 2. The average Bonchev–Trinajstić information content (AvgIpc) is 3.34. The van der Waals surface area contributed by atoms with Crippen LogP contribution in [0, 0.1) is 0 Å². The fourth-order valence-electron chi connectivity index (χ4n) is 9.25. The van der Waals surface area contributed by atoms with Gasteiger partial charge in [0, 0.05) is 12.8 Å². The zero-order valence-corrected chi connectivity index (χ0v) is 45.6. The van der Waals surface area contributed by atoms with E-state index in [2.05, 4.69) is 43.5 Å². The van der Waals surface area contributed by atoms with Gasteiger partial charge >= 0.3 is 5.97 Å². The van der Waals surface area contributed by atoms with E-state index in [1.165, 1.54) is 231 Å². The number of esters is 1. The van der Waals surface area contributed by atoms with E-state index in [4.69, 9.17) is 4.74 Å².